The number of aromatic nitrogens is 3. The van der Waals surface area contributed by atoms with Gasteiger partial charge in [0, 0.05) is 42.8 Å². The molecule has 0 saturated heterocycles. The summed E-state index contributed by atoms with van der Waals surface area (Å²) in [6.07, 6.45) is 2.80. The number of benzene rings is 1. The highest BCUT2D eigenvalue weighted by Gasteiger charge is 2.17. The maximum Gasteiger partial charge on any atom is 0.354 e. The first-order valence-electron chi connectivity index (χ1n) is 10.2. The zero-order chi connectivity index (χ0) is 21.7. The van der Waals surface area contributed by atoms with Crippen LogP contribution in [0.4, 0.5) is 0 Å². The van der Waals surface area contributed by atoms with Crippen LogP contribution >= 0.6 is 0 Å². The van der Waals surface area contributed by atoms with Crippen LogP contribution in [-0.4, -0.2) is 40.6 Å². The fourth-order valence-electron chi connectivity index (χ4n) is 3.10. The molecule has 8 heteroatoms. The third-order valence-corrected chi connectivity index (χ3v) is 4.94. The topological polar surface area (TPSA) is 113 Å². The van der Waals surface area contributed by atoms with E-state index in [9.17, 15) is 4.79 Å². The molecule has 3 aromatic rings. The lowest BCUT2D eigenvalue weighted by Gasteiger charge is -2.15. The Kier molecular flexibility index (Phi) is 6.56. The minimum absolute atomic E-state index is 0.0323. The molecule has 2 aromatic heterocycles. The number of nitrogens with zero attached hydrogens (tertiary/aromatic N) is 3. The fraction of sp³-hybridized carbons (Fsp3) is 0.409. The SMILES string of the molecule is C/N=C(/N)NCCCNCc1ccc(-n2cc3cc(C(C)(C)C)[nH]c3nc2=O)cc1. The molecule has 0 atom stereocenters. The van der Waals surface area contributed by atoms with Crippen LogP contribution in [0.1, 0.15) is 38.4 Å². The van der Waals surface area contributed by atoms with Gasteiger partial charge in [0.1, 0.15) is 5.65 Å². The molecule has 5 N–H and O–H groups in total. The Morgan fingerprint density at radius 2 is 1.97 bits per heavy atom. The van der Waals surface area contributed by atoms with E-state index in [0.717, 1.165) is 48.4 Å². The van der Waals surface area contributed by atoms with Crippen molar-refractivity contribution in [3.63, 3.8) is 0 Å². The molecule has 0 aliphatic heterocycles. The molecule has 3 rings (SSSR count). The van der Waals surface area contributed by atoms with Crippen molar-refractivity contribution in [2.24, 2.45) is 10.7 Å². The van der Waals surface area contributed by atoms with Gasteiger partial charge in [-0.05, 0) is 36.7 Å². The Morgan fingerprint density at radius 1 is 1.23 bits per heavy atom. The van der Waals surface area contributed by atoms with Gasteiger partial charge < -0.3 is 21.4 Å². The van der Waals surface area contributed by atoms with Crippen molar-refractivity contribution in [1.82, 2.24) is 25.2 Å². The van der Waals surface area contributed by atoms with Gasteiger partial charge in [-0.15, -0.1) is 0 Å². The quantitative estimate of drug-likeness (QED) is 0.271. The molecule has 2 heterocycles. The predicted molar refractivity (Wildman–Crippen MR) is 122 cm³/mol. The second kappa shape index (κ2) is 9.13. The van der Waals surface area contributed by atoms with E-state index >= 15 is 0 Å². The first-order chi connectivity index (χ1) is 14.3. The third kappa shape index (κ3) is 5.27. The molecular weight excluding hydrogens is 378 g/mol. The molecule has 8 nitrogen and oxygen atoms in total. The molecule has 0 amide bonds. The van der Waals surface area contributed by atoms with E-state index in [4.69, 9.17) is 5.73 Å². The van der Waals surface area contributed by atoms with E-state index < -0.39 is 0 Å². The van der Waals surface area contributed by atoms with Crippen molar-refractivity contribution in [2.45, 2.75) is 39.2 Å². The van der Waals surface area contributed by atoms with E-state index in [-0.39, 0.29) is 11.1 Å². The Labute approximate surface area is 176 Å². The first kappa shape index (κ1) is 21.6. The van der Waals surface area contributed by atoms with E-state index in [1.807, 2.05) is 30.5 Å². The van der Waals surface area contributed by atoms with Gasteiger partial charge >= 0.3 is 5.69 Å². The average molecular weight is 410 g/mol. The Balaban J connectivity index is 1.63. The Hall–Kier alpha value is -3.13. The molecule has 0 saturated carbocycles. The monoisotopic (exact) mass is 409 g/mol. The molecule has 0 radical (unpaired) electrons. The van der Waals surface area contributed by atoms with Crippen molar-refractivity contribution in [1.29, 1.82) is 0 Å². The average Bonchev–Trinajstić information content (AvgIpc) is 3.13. The molecule has 1 aromatic carbocycles. The molecule has 0 fully saturated rings. The van der Waals surface area contributed by atoms with Gasteiger partial charge in [-0.2, -0.15) is 4.98 Å². The fourth-order valence-corrected chi connectivity index (χ4v) is 3.10. The minimum Gasteiger partial charge on any atom is -0.370 e. The molecule has 0 aliphatic rings. The summed E-state index contributed by atoms with van der Waals surface area (Å²) in [5, 5.41) is 7.35. The van der Waals surface area contributed by atoms with Crippen LogP contribution in [0.2, 0.25) is 0 Å². The highest BCUT2D eigenvalue weighted by Crippen LogP contribution is 2.24. The number of fused-ring (bicyclic) bond motifs is 1. The Bertz CT molecular complexity index is 1070. The lowest BCUT2D eigenvalue weighted by atomic mass is 9.92. The largest absolute Gasteiger partial charge is 0.370 e. The molecule has 0 bridgehead atoms. The Morgan fingerprint density at radius 3 is 2.63 bits per heavy atom. The number of guanidine groups is 1. The number of rotatable bonds is 7. The van der Waals surface area contributed by atoms with Crippen LogP contribution in [0.3, 0.4) is 0 Å². The lowest BCUT2D eigenvalue weighted by molar-refractivity contribution is 0.574. The van der Waals surface area contributed by atoms with Gasteiger partial charge in [0.05, 0.1) is 5.69 Å². The van der Waals surface area contributed by atoms with Crippen LogP contribution < -0.4 is 22.1 Å². The molecule has 0 spiro atoms. The summed E-state index contributed by atoms with van der Waals surface area (Å²) in [6.45, 7) is 8.79. The molecule has 0 aliphatic carbocycles. The van der Waals surface area contributed by atoms with Crippen molar-refractivity contribution in [2.75, 3.05) is 20.1 Å². The third-order valence-electron chi connectivity index (χ3n) is 4.94. The van der Waals surface area contributed by atoms with E-state index in [1.54, 1.807) is 11.6 Å². The van der Waals surface area contributed by atoms with Gasteiger partial charge in [-0.1, -0.05) is 32.9 Å². The van der Waals surface area contributed by atoms with Gasteiger partial charge in [0.2, 0.25) is 0 Å². The summed E-state index contributed by atoms with van der Waals surface area (Å²) >= 11 is 0. The standard InChI is InChI=1S/C22H31N7O/c1-22(2,3)18-12-16-14-29(21(30)28-19(16)27-18)17-8-6-15(7-9-17)13-25-10-5-11-26-20(23)24-4/h6-9,12,14,25H,5,10-11,13H2,1-4H3,(H3,23,24,26)(H,27,28,30). The number of nitrogens with two attached hydrogens (primary N) is 1. The number of aliphatic imine (C=N–C) groups is 1. The van der Waals surface area contributed by atoms with Crippen LogP contribution in [0.25, 0.3) is 16.7 Å². The van der Waals surface area contributed by atoms with Gasteiger partial charge in [0.25, 0.3) is 0 Å². The van der Waals surface area contributed by atoms with Gasteiger partial charge in [-0.3, -0.25) is 9.56 Å². The predicted octanol–water partition coefficient (Wildman–Crippen LogP) is 2.03. The molecular formula is C22H31N7O. The second-order valence-electron chi connectivity index (χ2n) is 8.36. The summed E-state index contributed by atoms with van der Waals surface area (Å²) < 4.78 is 1.59. The maximum atomic E-state index is 12.5. The summed E-state index contributed by atoms with van der Waals surface area (Å²) in [5.41, 5.74) is 8.91. The van der Waals surface area contributed by atoms with Gasteiger partial charge in [0.15, 0.2) is 5.96 Å². The van der Waals surface area contributed by atoms with Crippen molar-refractivity contribution >= 4 is 17.0 Å². The summed E-state index contributed by atoms with van der Waals surface area (Å²) in [7, 11) is 1.66. The van der Waals surface area contributed by atoms with Crippen LogP contribution in [-0.2, 0) is 12.0 Å². The lowest BCUT2D eigenvalue weighted by Crippen LogP contribution is -2.33. The van der Waals surface area contributed by atoms with E-state index in [0.29, 0.717) is 11.6 Å². The van der Waals surface area contributed by atoms with Crippen LogP contribution in [0.5, 0.6) is 0 Å². The second-order valence-corrected chi connectivity index (χ2v) is 8.36. The van der Waals surface area contributed by atoms with Crippen molar-refractivity contribution < 1.29 is 0 Å². The summed E-state index contributed by atoms with van der Waals surface area (Å²) in [4.78, 5) is 23.9. The number of hydrogen-bond donors (Lipinski definition) is 4. The highest BCUT2D eigenvalue weighted by molar-refractivity contribution is 5.77. The van der Waals surface area contributed by atoms with Gasteiger partial charge in [-0.25, -0.2) is 4.79 Å². The highest BCUT2D eigenvalue weighted by atomic mass is 16.1. The number of nitrogens with one attached hydrogen (secondary N) is 3. The van der Waals surface area contributed by atoms with Crippen molar-refractivity contribution in [3.05, 3.63) is 58.3 Å². The number of aromatic amines is 1. The smallest absolute Gasteiger partial charge is 0.354 e. The number of hydrogen-bond acceptors (Lipinski definition) is 4. The molecule has 30 heavy (non-hydrogen) atoms. The first-order valence-corrected chi connectivity index (χ1v) is 10.2. The minimum atomic E-state index is -0.293. The van der Waals surface area contributed by atoms with Crippen molar-refractivity contribution in [3.8, 4) is 5.69 Å². The van der Waals surface area contributed by atoms with E-state index in [1.165, 1.54) is 0 Å². The normalized spacial score (nSPS) is 12.5. The maximum absolute atomic E-state index is 12.5. The number of H-pyrrole nitrogens is 1. The van der Waals surface area contributed by atoms with Crippen LogP contribution in [0, 0.1) is 0 Å². The summed E-state index contributed by atoms with van der Waals surface area (Å²) in [6, 6.07) is 10.0. The molecule has 0 unspecified atom stereocenters. The summed E-state index contributed by atoms with van der Waals surface area (Å²) in [5.74, 6) is 0.461. The molecule has 160 valence electrons. The van der Waals surface area contributed by atoms with Crippen LogP contribution in [0.15, 0.2) is 46.3 Å². The zero-order valence-corrected chi connectivity index (χ0v) is 18.1. The zero-order valence-electron chi connectivity index (χ0n) is 18.1. The van der Waals surface area contributed by atoms with E-state index in [2.05, 4.69) is 52.4 Å².